The number of ether oxygens (including phenoxy) is 1. The lowest BCUT2D eigenvalue weighted by molar-refractivity contribution is 0.144. The molecule has 1 aliphatic rings. The Morgan fingerprint density at radius 2 is 2.04 bits per heavy atom. The molecule has 1 aromatic rings. The number of nitrogens with zero attached hydrogens (tertiary/aromatic N) is 2. The Morgan fingerprint density at radius 1 is 1.29 bits per heavy atom. The summed E-state index contributed by atoms with van der Waals surface area (Å²) in [7, 11) is 3.59. The van der Waals surface area contributed by atoms with Crippen LogP contribution in [-0.2, 0) is 17.7 Å². The van der Waals surface area contributed by atoms with Crippen LogP contribution in [0.3, 0.4) is 0 Å². The summed E-state index contributed by atoms with van der Waals surface area (Å²) >= 11 is 1.87. The van der Waals surface area contributed by atoms with Crippen molar-refractivity contribution in [1.29, 1.82) is 0 Å². The van der Waals surface area contributed by atoms with Crippen LogP contribution >= 0.6 is 35.3 Å². The number of guanidine groups is 1. The smallest absolute Gasteiger partial charge is 0.191 e. The highest BCUT2D eigenvalue weighted by atomic mass is 127. The summed E-state index contributed by atoms with van der Waals surface area (Å²) in [5.41, 5.74) is 0. The van der Waals surface area contributed by atoms with Gasteiger partial charge >= 0.3 is 0 Å². The maximum absolute atomic E-state index is 5.20. The Bertz CT molecular complexity index is 491. The van der Waals surface area contributed by atoms with E-state index in [-0.39, 0.29) is 24.0 Å². The van der Waals surface area contributed by atoms with Crippen molar-refractivity contribution in [3.8, 4) is 0 Å². The number of methoxy groups -OCH3 is 1. The van der Waals surface area contributed by atoms with Gasteiger partial charge in [0.05, 0.1) is 13.2 Å². The zero-order valence-corrected chi connectivity index (χ0v) is 18.2. The maximum atomic E-state index is 5.20. The van der Waals surface area contributed by atoms with Crippen LogP contribution in [0.2, 0.25) is 0 Å². The molecular weight excluding hydrogens is 435 g/mol. The van der Waals surface area contributed by atoms with Crippen LogP contribution in [0.15, 0.2) is 17.1 Å². The molecule has 1 saturated carbocycles. The van der Waals surface area contributed by atoms with E-state index in [9.17, 15) is 0 Å². The molecule has 1 heterocycles. The fraction of sp³-hybridized carbons (Fsp3) is 0.706. The maximum Gasteiger partial charge on any atom is 0.191 e. The van der Waals surface area contributed by atoms with Crippen LogP contribution < -0.4 is 10.6 Å². The molecule has 5 nitrogen and oxygen atoms in total. The van der Waals surface area contributed by atoms with Gasteiger partial charge < -0.3 is 15.4 Å². The first kappa shape index (κ1) is 21.7. The van der Waals surface area contributed by atoms with E-state index < -0.39 is 0 Å². The molecule has 0 aliphatic heterocycles. The summed E-state index contributed by atoms with van der Waals surface area (Å²) in [5, 5.41) is 6.80. The molecule has 24 heavy (non-hydrogen) atoms. The second-order valence-corrected chi connectivity index (χ2v) is 7.09. The summed E-state index contributed by atoms with van der Waals surface area (Å²) in [5.74, 6) is 0.874. The van der Waals surface area contributed by atoms with Crippen molar-refractivity contribution in [2.45, 2.75) is 38.8 Å². The van der Waals surface area contributed by atoms with E-state index in [0.717, 1.165) is 51.2 Å². The standard InChI is InChI=1S/C17H30N4OS.HI/c1-4-15-7-8-16(23-15)13-20-17(18-2)19-9-10-21(11-12-22-3)14-5-6-14;/h7-8,14H,4-6,9-13H2,1-3H3,(H2,18,19,20);1H. The highest BCUT2D eigenvalue weighted by molar-refractivity contribution is 14.0. The molecule has 0 radical (unpaired) electrons. The van der Waals surface area contributed by atoms with Gasteiger partial charge in [0.2, 0.25) is 0 Å². The van der Waals surface area contributed by atoms with Crippen LogP contribution in [0.5, 0.6) is 0 Å². The molecule has 1 aromatic heterocycles. The second-order valence-electron chi connectivity index (χ2n) is 5.83. The van der Waals surface area contributed by atoms with Crippen molar-refractivity contribution in [2.24, 2.45) is 4.99 Å². The zero-order valence-electron chi connectivity index (χ0n) is 15.0. The van der Waals surface area contributed by atoms with Gasteiger partial charge in [-0.05, 0) is 31.4 Å². The van der Waals surface area contributed by atoms with Gasteiger partial charge in [-0.3, -0.25) is 9.89 Å². The first-order chi connectivity index (χ1) is 11.3. The third kappa shape index (κ3) is 7.67. The number of aliphatic imine (C=N–C) groups is 1. The molecule has 7 heteroatoms. The Labute approximate surface area is 167 Å². The molecule has 0 aromatic carbocycles. The molecule has 1 fully saturated rings. The molecule has 0 amide bonds. The summed E-state index contributed by atoms with van der Waals surface area (Å²) in [6.07, 6.45) is 3.76. The minimum atomic E-state index is 0. The Balaban J connectivity index is 0.00000288. The van der Waals surface area contributed by atoms with Gasteiger partial charge in [-0.2, -0.15) is 0 Å². The van der Waals surface area contributed by atoms with Crippen molar-refractivity contribution >= 4 is 41.3 Å². The van der Waals surface area contributed by atoms with Gasteiger partial charge in [-0.1, -0.05) is 6.92 Å². The molecule has 0 spiro atoms. The monoisotopic (exact) mass is 466 g/mol. The molecule has 0 atom stereocenters. The number of nitrogens with one attached hydrogen (secondary N) is 2. The van der Waals surface area contributed by atoms with E-state index in [1.165, 1.54) is 22.6 Å². The molecule has 0 unspecified atom stereocenters. The van der Waals surface area contributed by atoms with Gasteiger partial charge in [0.1, 0.15) is 0 Å². The third-order valence-corrected chi connectivity index (χ3v) is 5.29. The number of thiophene rings is 1. The summed E-state index contributed by atoms with van der Waals surface area (Å²) in [4.78, 5) is 9.60. The van der Waals surface area contributed by atoms with Gasteiger partial charge in [0.25, 0.3) is 0 Å². The Morgan fingerprint density at radius 3 is 2.62 bits per heavy atom. The number of rotatable bonds is 10. The highest BCUT2D eigenvalue weighted by Gasteiger charge is 2.28. The Hall–Kier alpha value is -0.380. The van der Waals surface area contributed by atoms with Gasteiger partial charge in [0.15, 0.2) is 5.96 Å². The second kappa shape index (κ2) is 12.1. The summed E-state index contributed by atoms with van der Waals surface area (Å²) < 4.78 is 5.20. The minimum absolute atomic E-state index is 0. The van der Waals surface area contributed by atoms with E-state index in [0.29, 0.717) is 0 Å². The van der Waals surface area contributed by atoms with Gasteiger partial charge in [-0.15, -0.1) is 35.3 Å². The largest absolute Gasteiger partial charge is 0.383 e. The minimum Gasteiger partial charge on any atom is -0.383 e. The fourth-order valence-corrected chi connectivity index (χ4v) is 3.44. The van der Waals surface area contributed by atoms with Crippen molar-refractivity contribution in [2.75, 3.05) is 40.4 Å². The van der Waals surface area contributed by atoms with Gasteiger partial charge in [0, 0.05) is 49.6 Å². The van der Waals surface area contributed by atoms with Crippen LogP contribution in [0.4, 0.5) is 0 Å². The van der Waals surface area contributed by atoms with Crippen LogP contribution in [0, 0.1) is 0 Å². The molecule has 0 saturated heterocycles. The van der Waals surface area contributed by atoms with Gasteiger partial charge in [-0.25, -0.2) is 0 Å². The molecule has 2 rings (SSSR count). The summed E-state index contributed by atoms with van der Waals surface area (Å²) in [6, 6.07) is 5.17. The lowest BCUT2D eigenvalue weighted by atomic mass is 10.3. The number of hydrogen-bond acceptors (Lipinski definition) is 4. The van der Waals surface area contributed by atoms with E-state index in [1.807, 2.05) is 18.4 Å². The van der Waals surface area contributed by atoms with Crippen molar-refractivity contribution in [3.63, 3.8) is 0 Å². The van der Waals surface area contributed by atoms with Crippen molar-refractivity contribution < 1.29 is 4.74 Å². The average molecular weight is 466 g/mol. The van der Waals surface area contributed by atoms with Crippen LogP contribution in [-0.4, -0.2) is 57.3 Å². The molecule has 1 aliphatic carbocycles. The Kier molecular flexibility index (Phi) is 10.9. The SMILES string of the molecule is CCc1ccc(CNC(=NC)NCCN(CCOC)C2CC2)s1.I. The first-order valence-corrected chi connectivity index (χ1v) is 9.33. The molecular formula is C17H31IN4OS. The normalized spacial score (nSPS) is 14.6. The topological polar surface area (TPSA) is 48.9 Å². The average Bonchev–Trinajstić information content (AvgIpc) is 3.31. The zero-order chi connectivity index (χ0) is 16.5. The lowest BCUT2D eigenvalue weighted by Crippen LogP contribution is -2.42. The fourth-order valence-electron chi connectivity index (χ4n) is 2.54. The van der Waals surface area contributed by atoms with E-state index >= 15 is 0 Å². The molecule has 0 bridgehead atoms. The summed E-state index contributed by atoms with van der Waals surface area (Å²) in [6.45, 7) is 6.79. The third-order valence-electron chi connectivity index (χ3n) is 4.06. The number of aryl methyl sites for hydroxylation is 1. The highest BCUT2D eigenvalue weighted by Crippen LogP contribution is 2.25. The van der Waals surface area contributed by atoms with Crippen LogP contribution in [0.25, 0.3) is 0 Å². The molecule has 2 N–H and O–H groups in total. The first-order valence-electron chi connectivity index (χ1n) is 8.52. The predicted octanol–water partition coefficient (Wildman–Crippen LogP) is 2.70. The van der Waals surface area contributed by atoms with Crippen molar-refractivity contribution in [1.82, 2.24) is 15.5 Å². The lowest BCUT2D eigenvalue weighted by Gasteiger charge is -2.22. The van der Waals surface area contributed by atoms with Crippen LogP contribution in [0.1, 0.15) is 29.5 Å². The quantitative estimate of drug-likeness (QED) is 0.316. The number of halogens is 1. The number of hydrogen-bond donors (Lipinski definition) is 2. The van der Waals surface area contributed by atoms with E-state index in [2.05, 4.69) is 39.6 Å². The van der Waals surface area contributed by atoms with Crippen molar-refractivity contribution in [3.05, 3.63) is 21.9 Å². The predicted molar refractivity (Wildman–Crippen MR) is 114 cm³/mol. The van der Waals surface area contributed by atoms with E-state index in [1.54, 1.807) is 7.11 Å². The molecule has 138 valence electrons. The van der Waals surface area contributed by atoms with E-state index in [4.69, 9.17) is 4.74 Å².